The highest BCUT2D eigenvalue weighted by Crippen LogP contribution is 2.41. The monoisotopic (exact) mass is 799 g/mol. The maximum absolute atomic E-state index is 13.6. The van der Waals surface area contributed by atoms with E-state index in [0.29, 0.717) is 29.7 Å². The summed E-state index contributed by atoms with van der Waals surface area (Å²) in [5.74, 6) is -5.95. The summed E-state index contributed by atoms with van der Waals surface area (Å²) < 4.78 is 0.436. The maximum atomic E-state index is 13.6. The number of amides is 3. The van der Waals surface area contributed by atoms with Gasteiger partial charge in [-0.1, -0.05) is 47.1 Å². The van der Waals surface area contributed by atoms with Crippen LogP contribution in [-0.2, 0) is 24.0 Å². The normalized spacial score (nSPS) is 19.8. The summed E-state index contributed by atoms with van der Waals surface area (Å²) >= 11 is 8.30. The standard InChI is InChI=1S/C34H34ClN7O10S2/c35-22-19(8-9-21(43)26(22)44)28(45)37-10-13-42(11-4-5-12-42)14-18-15-53-31-24(30(47)41(31)25(18)32(48)49)39-29(46)23(20-16-54-34(36)38-20)40-52-27(33(50)51)17-6-2-1-3-7-17/h1-3,6-9,16,24,27,31H,4-5,10-15H2,(H7-,36,37,38,39,40,43,44,45,46,48,49,50,51)/t24-,27+,31-/m1/s1. The van der Waals surface area contributed by atoms with Gasteiger partial charge in [-0.25, -0.2) is 9.78 Å². The highest BCUT2D eigenvalue weighted by molar-refractivity contribution is 8.00. The molecule has 4 heterocycles. The fourth-order valence-electron chi connectivity index (χ4n) is 6.69. The van der Waals surface area contributed by atoms with Gasteiger partial charge in [0.15, 0.2) is 22.3 Å². The number of β-lactam (4-membered cyclic amide) rings is 1. The maximum Gasteiger partial charge on any atom is 0.352 e. The molecule has 1 aromatic heterocycles. The summed E-state index contributed by atoms with van der Waals surface area (Å²) in [6.45, 7) is 2.27. The summed E-state index contributed by atoms with van der Waals surface area (Å²) in [7, 11) is 0. The third-order valence-electron chi connectivity index (χ3n) is 9.34. The van der Waals surface area contributed by atoms with Crippen LogP contribution in [0, 0.1) is 0 Å². The van der Waals surface area contributed by atoms with Crippen molar-refractivity contribution in [2.24, 2.45) is 5.16 Å². The first kappa shape index (κ1) is 38.4. The summed E-state index contributed by atoms with van der Waals surface area (Å²) in [5.41, 5.74) is 5.76. The highest BCUT2D eigenvalue weighted by Gasteiger charge is 2.54. The lowest BCUT2D eigenvalue weighted by Gasteiger charge is -2.51. The molecule has 54 heavy (non-hydrogen) atoms. The van der Waals surface area contributed by atoms with E-state index in [-0.39, 0.29) is 51.5 Å². The van der Waals surface area contributed by atoms with Gasteiger partial charge >= 0.3 is 5.97 Å². The molecule has 3 atom stereocenters. The van der Waals surface area contributed by atoms with E-state index in [4.69, 9.17) is 22.2 Å². The van der Waals surface area contributed by atoms with Gasteiger partial charge in [0.1, 0.15) is 23.7 Å². The number of aromatic hydroxyl groups is 2. The summed E-state index contributed by atoms with van der Waals surface area (Å²) in [6.07, 6.45) is 0.157. The van der Waals surface area contributed by atoms with Crippen molar-refractivity contribution in [2.45, 2.75) is 30.4 Å². The molecule has 20 heteroatoms. The van der Waals surface area contributed by atoms with E-state index in [9.17, 15) is 44.4 Å². The van der Waals surface area contributed by atoms with E-state index in [1.54, 1.807) is 18.2 Å². The predicted octanol–water partition coefficient (Wildman–Crippen LogP) is 0.781. The van der Waals surface area contributed by atoms with Crippen LogP contribution in [-0.4, -0.2) is 115 Å². The number of likely N-dealkylation sites (tertiary alicyclic amines) is 1. The number of benzene rings is 2. The molecule has 3 aromatic rings. The molecule has 7 N–H and O–H groups in total. The molecule has 0 radical (unpaired) electrons. The number of phenolic OH excluding ortho intramolecular Hbond substituents is 2. The number of hydrogen-bond acceptors (Lipinski definition) is 14. The first-order chi connectivity index (χ1) is 25.8. The molecule has 0 aliphatic carbocycles. The number of carbonyl (C=O) groups is 5. The number of aromatic nitrogens is 1. The number of nitrogens with one attached hydrogen (secondary N) is 2. The van der Waals surface area contributed by atoms with Crippen molar-refractivity contribution in [3.63, 3.8) is 0 Å². The number of phenols is 2. The van der Waals surface area contributed by atoms with Gasteiger partial charge in [0.2, 0.25) is 6.10 Å². The molecule has 3 aliphatic rings. The number of carbonyl (C=O) groups excluding carboxylic acids is 4. The Bertz CT molecular complexity index is 2050. The third-order valence-corrected chi connectivity index (χ3v) is 11.7. The Morgan fingerprint density at radius 2 is 1.87 bits per heavy atom. The van der Waals surface area contributed by atoms with Gasteiger partial charge in [-0.2, -0.15) is 0 Å². The van der Waals surface area contributed by atoms with E-state index in [1.807, 2.05) is 0 Å². The summed E-state index contributed by atoms with van der Waals surface area (Å²) in [5, 5.41) is 51.5. The summed E-state index contributed by atoms with van der Waals surface area (Å²) in [6, 6.07) is 9.22. The highest BCUT2D eigenvalue weighted by atomic mass is 35.5. The van der Waals surface area contributed by atoms with Crippen LogP contribution in [0.2, 0.25) is 5.02 Å². The number of anilines is 1. The fraction of sp³-hybridized carbons (Fsp3) is 0.324. The molecule has 2 aromatic carbocycles. The van der Waals surface area contributed by atoms with E-state index in [1.165, 1.54) is 35.3 Å². The molecular weight excluding hydrogens is 766 g/mol. The van der Waals surface area contributed by atoms with Gasteiger partial charge in [0.05, 0.1) is 48.4 Å². The van der Waals surface area contributed by atoms with E-state index >= 15 is 0 Å². The van der Waals surface area contributed by atoms with Gasteiger partial charge in [0, 0.05) is 35.1 Å². The van der Waals surface area contributed by atoms with Crippen LogP contribution in [0.5, 0.6) is 11.5 Å². The number of nitrogens with zero attached hydrogens (tertiary/aromatic N) is 4. The molecule has 2 saturated heterocycles. The molecule has 6 rings (SSSR count). The average Bonchev–Trinajstić information content (AvgIpc) is 3.80. The first-order valence-electron chi connectivity index (χ1n) is 16.6. The molecular formula is C34H34ClN7O10S2. The topological polar surface area (TPSA) is 257 Å². The second-order valence-corrected chi connectivity index (χ2v) is 15.1. The Kier molecular flexibility index (Phi) is 11.3. The lowest BCUT2D eigenvalue weighted by Crippen LogP contribution is -2.72. The number of hydrogen-bond donors (Lipinski definition) is 6. The van der Waals surface area contributed by atoms with Gasteiger partial charge in [-0.15, -0.1) is 23.1 Å². The number of nitrogens with two attached hydrogens (primary N) is 1. The molecule has 2 fully saturated rings. The first-order valence-corrected chi connectivity index (χ1v) is 18.9. The number of aliphatic carboxylic acids is 2. The Morgan fingerprint density at radius 3 is 2.52 bits per heavy atom. The molecule has 284 valence electrons. The number of thiazole rings is 1. The van der Waals surface area contributed by atoms with Gasteiger partial charge in [-0.05, 0) is 12.1 Å². The number of rotatable bonds is 14. The van der Waals surface area contributed by atoms with Crippen molar-refractivity contribution in [3.05, 3.63) is 81.0 Å². The minimum Gasteiger partial charge on any atom is -0.543 e. The largest absolute Gasteiger partial charge is 0.543 e. The SMILES string of the molecule is Nc1nc(/C(=N/O[C@H](C(=O)O)c2ccccc2)C(=O)N[C@@H]2C(=O)N3C(C(=O)[O-])=C(C[N+]4(CCNC(=O)c5ccc(O)c(O)c5Cl)CCCC4)CS[C@H]23)cs1. The van der Waals surface area contributed by atoms with E-state index in [0.717, 1.165) is 35.1 Å². The number of thioether (sulfide) groups is 1. The van der Waals surface area contributed by atoms with Crippen LogP contribution in [0.25, 0.3) is 0 Å². The second kappa shape index (κ2) is 15.9. The fourth-order valence-corrected chi connectivity index (χ4v) is 8.82. The molecule has 0 bridgehead atoms. The molecule has 17 nitrogen and oxygen atoms in total. The number of nitrogen functional groups attached to an aromatic ring is 1. The third kappa shape index (κ3) is 7.79. The van der Waals surface area contributed by atoms with Gasteiger partial charge in [-0.3, -0.25) is 19.3 Å². The van der Waals surface area contributed by atoms with Crippen molar-refractivity contribution >= 4 is 75.2 Å². The van der Waals surface area contributed by atoms with Crippen LogP contribution in [0.4, 0.5) is 5.13 Å². The second-order valence-electron chi connectivity index (χ2n) is 12.8. The number of quaternary nitrogens is 1. The van der Waals surface area contributed by atoms with Crippen molar-refractivity contribution < 1.29 is 53.7 Å². The number of carboxylic acids is 2. The predicted molar refractivity (Wildman–Crippen MR) is 194 cm³/mol. The van der Waals surface area contributed by atoms with Crippen LogP contribution in [0.15, 0.2) is 64.3 Å². The Balaban J connectivity index is 1.16. The van der Waals surface area contributed by atoms with Crippen LogP contribution in [0.3, 0.4) is 0 Å². The zero-order chi connectivity index (χ0) is 38.7. The molecule has 3 amide bonds. The molecule has 0 saturated carbocycles. The smallest absolute Gasteiger partial charge is 0.352 e. The zero-order valence-electron chi connectivity index (χ0n) is 28.3. The quantitative estimate of drug-likeness (QED) is 0.0434. The Hall–Kier alpha value is -5.37. The molecule has 0 unspecified atom stereocenters. The number of oxime groups is 1. The minimum absolute atomic E-state index is 0.0205. The van der Waals surface area contributed by atoms with Gasteiger partial charge in [0.25, 0.3) is 17.7 Å². The van der Waals surface area contributed by atoms with Gasteiger partial charge < -0.3 is 50.9 Å². The Morgan fingerprint density at radius 1 is 1.15 bits per heavy atom. The van der Waals surface area contributed by atoms with Crippen molar-refractivity contribution in [1.29, 1.82) is 0 Å². The zero-order valence-corrected chi connectivity index (χ0v) is 30.7. The van der Waals surface area contributed by atoms with E-state index < -0.39 is 64.4 Å². The van der Waals surface area contributed by atoms with Crippen molar-refractivity contribution in [2.75, 3.05) is 44.2 Å². The lowest BCUT2D eigenvalue weighted by atomic mass is 10.0. The van der Waals surface area contributed by atoms with Crippen molar-refractivity contribution in [1.82, 2.24) is 20.5 Å². The number of fused-ring (bicyclic) bond motifs is 1. The minimum atomic E-state index is -1.57. The average molecular weight is 800 g/mol. The Labute approximate surface area is 320 Å². The van der Waals surface area contributed by atoms with Crippen LogP contribution >= 0.6 is 34.7 Å². The lowest BCUT2D eigenvalue weighted by molar-refractivity contribution is -0.911. The molecule has 0 spiro atoms. The van der Waals surface area contributed by atoms with Crippen LogP contribution in [0.1, 0.15) is 40.6 Å². The number of carboxylic acid groups (broad SMARTS) is 2. The molecule has 3 aliphatic heterocycles. The van der Waals surface area contributed by atoms with Crippen LogP contribution < -0.4 is 21.5 Å². The van der Waals surface area contributed by atoms with Crippen molar-refractivity contribution in [3.8, 4) is 11.5 Å². The van der Waals surface area contributed by atoms with E-state index in [2.05, 4.69) is 20.8 Å². The number of halogens is 1. The summed E-state index contributed by atoms with van der Waals surface area (Å²) in [4.78, 5) is 75.1.